The van der Waals surface area contributed by atoms with Crippen molar-refractivity contribution in [2.45, 2.75) is 6.92 Å². The van der Waals surface area contributed by atoms with Crippen LogP contribution in [-0.2, 0) is 0 Å². The summed E-state index contributed by atoms with van der Waals surface area (Å²) in [6.07, 6.45) is 1.36. The number of hydrogen-bond acceptors (Lipinski definition) is 3. The van der Waals surface area contributed by atoms with E-state index in [2.05, 4.69) is 9.97 Å². The van der Waals surface area contributed by atoms with Gasteiger partial charge in [-0.1, -0.05) is 11.6 Å². The van der Waals surface area contributed by atoms with Gasteiger partial charge in [-0.15, -0.1) is 0 Å². The minimum atomic E-state index is -0.346. The van der Waals surface area contributed by atoms with E-state index in [1.165, 1.54) is 12.3 Å². The summed E-state index contributed by atoms with van der Waals surface area (Å²) < 4.78 is 15.0. The first-order chi connectivity index (χ1) is 9.04. The Morgan fingerprint density at radius 2 is 2.05 bits per heavy atom. The van der Waals surface area contributed by atoms with E-state index >= 15 is 0 Å². The summed E-state index contributed by atoms with van der Waals surface area (Å²) in [5.74, 6) is -0.346. The lowest BCUT2D eigenvalue weighted by atomic mass is 10.2. The zero-order valence-corrected chi connectivity index (χ0v) is 10.8. The fourth-order valence-corrected chi connectivity index (χ4v) is 2.30. The van der Waals surface area contributed by atoms with E-state index in [-0.39, 0.29) is 5.82 Å². The molecule has 0 aliphatic rings. The number of aryl methyl sites for hydroxylation is 1. The topological polar surface area (TPSA) is 56.2 Å². The van der Waals surface area contributed by atoms with E-state index in [1.807, 2.05) is 6.92 Å². The average molecular weight is 277 g/mol. The van der Waals surface area contributed by atoms with E-state index in [9.17, 15) is 4.39 Å². The molecular weight excluding hydrogens is 267 g/mol. The van der Waals surface area contributed by atoms with Gasteiger partial charge in [-0.3, -0.25) is 4.40 Å². The van der Waals surface area contributed by atoms with Crippen molar-refractivity contribution >= 4 is 22.9 Å². The smallest absolute Gasteiger partial charge is 0.139 e. The molecule has 0 radical (unpaired) electrons. The van der Waals surface area contributed by atoms with Gasteiger partial charge in [0.2, 0.25) is 0 Å². The highest BCUT2D eigenvalue weighted by Gasteiger charge is 2.13. The highest BCUT2D eigenvalue weighted by atomic mass is 35.5. The molecule has 0 aliphatic carbocycles. The van der Waals surface area contributed by atoms with E-state index in [1.54, 1.807) is 22.6 Å². The third kappa shape index (κ3) is 2.02. The van der Waals surface area contributed by atoms with Gasteiger partial charge in [-0.2, -0.15) is 0 Å². The first kappa shape index (κ1) is 11.9. The molecule has 0 aliphatic heterocycles. The van der Waals surface area contributed by atoms with Gasteiger partial charge in [0.15, 0.2) is 0 Å². The van der Waals surface area contributed by atoms with Gasteiger partial charge in [0.05, 0.1) is 17.1 Å². The number of aromatic nitrogens is 3. The minimum absolute atomic E-state index is 0.292. The Morgan fingerprint density at radius 3 is 2.79 bits per heavy atom. The maximum absolute atomic E-state index is 13.4. The van der Waals surface area contributed by atoms with Crippen molar-refractivity contribution in [1.82, 2.24) is 14.4 Å². The fourth-order valence-electron chi connectivity index (χ4n) is 2.08. The third-order valence-electron chi connectivity index (χ3n) is 2.82. The molecule has 0 bridgehead atoms. The second kappa shape index (κ2) is 4.20. The van der Waals surface area contributed by atoms with Crippen LogP contribution in [0.2, 0.25) is 5.15 Å². The van der Waals surface area contributed by atoms with Gasteiger partial charge < -0.3 is 5.73 Å². The minimum Gasteiger partial charge on any atom is -0.399 e. The monoisotopic (exact) mass is 276 g/mol. The van der Waals surface area contributed by atoms with Crippen LogP contribution < -0.4 is 5.73 Å². The van der Waals surface area contributed by atoms with Crippen LogP contribution in [0.4, 0.5) is 10.1 Å². The van der Waals surface area contributed by atoms with Crippen molar-refractivity contribution in [3.63, 3.8) is 0 Å². The van der Waals surface area contributed by atoms with Gasteiger partial charge in [0, 0.05) is 11.9 Å². The molecule has 4 nitrogen and oxygen atoms in total. The summed E-state index contributed by atoms with van der Waals surface area (Å²) in [7, 11) is 0. The lowest BCUT2D eigenvalue weighted by Crippen LogP contribution is -1.95. The Morgan fingerprint density at radius 1 is 1.26 bits per heavy atom. The second-order valence-corrected chi connectivity index (χ2v) is 4.62. The summed E-state index contributed by atoms with van der Waals surface area (Å²) in [4.78, 5) is 8.58. The lowest BCUT2D eigenvalue weighted by Gasteiger charge is -2.04. The van der Waals surface area contributed by atoms with Gasteiger partial charge in [0.1, 0.15) is 16.6 Å². The van der Waals surface area contributed by atoms with Gasteiger partial charge in [0.25, 0.3) is 0 Å². The summed E-state index contributed by atoms with van der Waals surface area (Å²) in [5, 5.41) is 0.292. The summed E-state index contributed by atoms with van der Waals surface area (Å²) in [6.45, 7) is 1.83. The highest BCUT2D eigenvalue weighted by molar-refractivity contribution is 6.29. The van der Waals surface area contributed by atoms with Crippen LogP contribution in [-0.4, -0.2) is 14.4 Å². The normalized spacial score (nSPS) is 11.1. The zero-order valence-electron chi connectivity index (χ0n) is 10.1. The van der Waals surface area contributed by atoms with Gasteiger partial charge >= 0.3 is 0 Å². The molecule has 3 aromatic rings. The van der Waals surface area contributed by atoms with Crippen LogP contribution in [0.3, 0.4) is 0 Å². The Labute approximate surface area is 113 Å². The van der Waals surface area contributed by atoms with Crippen LogP contribution in [0.1, 0.15) is 5.69 Å². The molecule has 2 N–H and O–H groups in total. The number of halogens is 2. The van der Waals surface area contributed by atoms with Gasteiger partial charge in [-0.05, 0) is 31.2 Å². The molecule has 0 unspecified atom stereocenters. The van der Waals surface area contributed by atoms with Crippen LogP contribution in [0.15, 0.2) is 30.5 Å². The standard InChI is InChI=1S/C13H10ClFN4/c1-7-13(10-4-9(16)5-11(14)18-10)19-6-8(15)2-3-12(19)17-7/h2-6H,1H3,(H2,16,18). The second-order valence-electron chi connectivity index (χ2n) is 4.23. The molecule has 0 amide bonds. The molecular formula is C13H10ClFN4. The highest BCUT2D eigenvalue weighted by Crippen LogP contribution is 2.26. The average Bonchev–Trinajstić information content (AvgIpc) is 2.63. The quantitative estimate of drug-likeness (QED) is 0.695. The summed E-state index contributed by atoms with van der Waals surface area (Å²) >= 11 is 5.91. The van der Waals surface area contributed by atoms with Gasteiger partial charge in [-0.25, -0.2) is 14.4 Å². The predicted molar refractivity (Wildman–Crippen MR) is 72.5 cm³/mol. The van der Waals surface area contributed by atoms with Crippen LogP contribution >= 0.6 is 11.6 Å². The van der Waals surface area contributed by atoms with E-state index in [4.69, 9.17) is 17.3 Å². The molecule has 0 saturated carbocycles. The van der Waals surface area contributed by atoms with Crippen molar-refractivity contribution in [3.05, 3.63) is 47.1 Å². The largest absolute Gasteiger partial charge is 0.399 e. The third-order valence-corrected chi connectivity index (χ3v) is 3.01. The maximum atomic E-state index is 13.4. The van der Waals surface area contributed by atoms with Crippen LogP contribution in [0.5, 0.6) is 0 Å². The van der Waals surface area contributed by atoms with Crippen molar-refractivity contribution in [3.8, 4) is 11.4 Å². The van der Waals surface area contributed by atoms with E-state index in [0.29, 0.717) is 27.9 Å². The number of imidazole rings is 1. The first-order valence-electron chi connectivity index (χ1n) is 5.62. The Kier molecular flexibility index (Phi) is 2.64. The lowest BCUT2D eigenvalue weighted by molar-refractivity contribution is 0.619. The number of anilines is 1. The molecule has 0 atom stereocenters. The Hall–Kier alpha value is -2.14. The Bertz CT molecular complexity index is 761. The molecule has 6 heteroatoms. The number of nitrogens with zero attached hydrogens (tertiary/aromatic N) is 3. The van der Waals surface area contributed by atoms with E-state index < -0.39 is 0 Å². The van der Waals surface area contributed by atoms with Crippen molar-refractivity contribution < 1.29 is 4.39 Å². The zero-order chi connectivity index (χ0) is 13.6. The van der Waals surface area contributed by atoms with Crippen molar-refractivity contribution in [2.75, 3.05) is 5.73 Å². The first-order valence-corrected chi connectivity index (χ1v) is 6.00. The molecule has 19 heavy (non-hydrogen) atoms. The number of fused-ring (bicyclic) bond motifs is 1. The van der Waals surface area contributed by atoms with Crippen molar-refractivity contribution in [1.29, 1.82) is 0 Å². The molecule has 3 rings (SSSR count). The number of hydrogen-bond donors (Lipinski definition) is 1. The molecule has 0 fully saturated rings. The fraction of sp³-hybridized carbons (Fsp3) is 0.0769. The maximum Gasteiger partial charge on any atom is 0.139 e. The predicted octanol–water partition coefficient (Wildman–Crippen LogP) is 3.08. The summed E-state index contributed by atoms with van der Waals surface area (Å²) in [6, 6.07) is 6.22. The van der Waals surface area contributed by atoms with E-state index in [0.717, 1.165) is 5.69 Å². The number of rotatable bonds is 1. The van der Waals surface area contributed by atoms with Crippen LogP contribution in [0, 0.1) is 12.7 Å². The van der Waals surface area contributed by atoms with Crippen LogP contribution in [0.25, 0.3) is 17.0 Å². The summed E-state index contributed by atoms with van der Waals surface area (Å²) in [5.41, 5.74) is 8.90. The van der Waals surface area contributed by atoms with Crippen molar-refractivity contribution in [2.24, 2.45) is 0 Å². The molecule has 96 valence electrons. The molecule has 0 saturated heterocycles. The number of pyridine rings is 2. The number of nitrogens with two attached hydrogens (primary N) is 1. The molecule has 0 aromatic carbocycles. The number of nitrogen functional groups attached to an aromatic ring is 1. The molecule has 0 spiro atoms. The Balaban J connectivity index is 2.35. The molecule has 3 aromatic heterocycles. The molecule has 3 heterocycles. The SMILES string of the molecule is Cc1nc2ccc(F)cn2c1-c1cc(N)cc(Cl)n1.